The summed E-state index contributed by atoms with van der Waals surface area (Å²) in [6, 6.07) is 4.00. The molecule has 0 radical (unpaired) electrons. The zero-order valence-electron chi connectivity index (χ0n) is 15.2. The Balaban J connectivity index is 1.64. The van der Waals surface area contributed by atoms with Gasteiger partial charge in [-0.3, -0.25) is 0 Å². The molecule has 4 nitrogen and oxygen atoms in total. The van der Waals surface area contributed by atoms with Crippen molar-refractivity contribution in [3.8, 4) is 0 Å². The lowest BCUT2D eigenvalue weighted by Gasteiger charge is -2.11. The van der Waals surface area contributed by atoms with Gasteiger partial charge in [-0.25, -0.2) is 18.8 Å². The molecule has 0 spiro atoms. The maximum Gasteiger partial charge on any atom is 0.191 e. The minimum Gasteiger partial charge on any atom is -0.357 e. The summed E-state index contributed by atoms with van der Waals surface area (Å²) in [5.74, 6) is -0.0702. The number of guanidine groups is 1. The largest absolute Gasteiger partial charge is 0.357 e. The van der Waals surface area contributed by atoms with Crippen LogP contribution in [0.2, 0.25) is 0 Å². The number of hydrogen-bond donors (Lipinski definition) is 2. The van der Waals surface area contributed by atoms with E-state index in [1.54, 1.807) is 11.3 Å². The molecule has 1 aliphatic carbocycles. The van der Waals surface area contributed by atoms with Crippen LogP contribution in [0.4, 0.5) is 8.78 Å². The predicted octanol–water partition coefficient (Wildman–Crippen LogP) is 4.16. The zero-order chi connectivity index (χ0) is 18.7. The van der Waals surface area contributed by atoms with Crippen molar-refractivity contribution in [3.63, 3.8) is 0 Å². The van der Waals surface area contributed by atoms with Crippen LogP contribution in [0, 0.1) is 11.6 Å². The monoisotopic (exact) mass is 378 g/mol. The van der Waals surface area contributed by atoms with Crippen molar-refractivity contribution in [2.75, 3.05) is 6.54 Å². The molecule has 140 valence electrons. The number of aromatic nitrogens is 1. The molecule has 1 aromatic heterocycles. The summed E-state index contributed by atoms with van der Waals surface area (Å²) in [6.07, 6.45) is 0.691. The molecule has 0 amide bonds. The third-order valence-corrected chi connectivity index (χ3v) is 5.21. The van der Waals surface area contributed by atoms with Gasteiger partial charge < -0.3 is 10.6 Å². The van der Waals surface area contributed by atoms with E-state index in [1.807, 2.05) is 6.92 Å². The normalized spacial score (nSPS) is 19.7. The molecule has 2 N–H and O–H groups in total. The van der Waals surface area contributed by atoms with E-state index in [4.69, 9.17) is 0 Å². The lowest BCUT2D eigenvalue weighted by Crippen LogP contribution is -2.39. The minimum absolute atomic E-state index is 0.0123. The molecular formula is C19H24F2N4S. The number of hydrogen-bond acceptors (Lipinski definition) is 3. The number of rotatable bonds is 6. The molecule has 2 aromatic rings. The van der Waals surface area contributed by atoms with E-state index in [0.717, 1.165) is 10.7 Å². The lowest BCUT2D eigenvalue weighted by molar-refractivity contribution is 0.553. The van der Waals surface area contributed by atoms with Crippen molar-refractivity contribution in [2.24, 2.45) is 4.99 Å². The fraction of sp³-hybridized carbons (Fsp3) is 0.474. The molecule has 1 aromatic carbocycles. The quantitative estimate of drug-likeness (QED) is 0.586. The Morgan fingerprint density at radius 2 is 2.08 bits per heavy atom. The zero-order valence-corrected chi connectivity index (χ0v) is 16.0. The van der Waals surface area contributed by atoms with Gasteiger partial charge in [-0.1, -0.05) is 19.9 Å². The Labute approximate surface area is 156 Å². The highest BCUT2D eigenvalue weighted by Crippen LogP contribution is 2.43. The third-order valence-electron chi connectivity index (χ3n) is 4.36. The van der Waals surface area contributed by atoms with Crippen LogP contribution >= 0.6 is 11.3 Å². The van der Waals surface area contributed by atoms with Gasteiger partial charge in [0, 0.05) is 29.4 Å². The van der Waals surface area contributed by atoms with Gasteiger partial charge in [0.15, 0.2) is 5.96 Å². The van der Waals surface area contributed by atoms with Crippen molar-refractivity contribution in [1.29, 1.82) is 0 Å². The van der Waals surface area contributed by atoms with Crippen LogP contribution in [0.25, 0.3) is 0 Å². The number of benzene rings is 1. The molecule has 2 unspecified atom stereocenters. The molecule has 1 saturated carbocycles. The summed E-state index contributed by atoms with van der Waals surface area (Å²) in [6.45, 7) is 7.41. The highest BCUT2D eigenvalue weighted by Gasteiger charge is 2.42. The topological polar surface area (TPSA) is 49.3 Å². The first-order chi connectivity index (χ1) is 12.5. The van der Waals surface area contributed by atoms with E-state index in [2.05, 4.69) is 39.8 Å². The summed E-state index contributed by atoms with van der Waals surface area (Å²) in [5.41, 5.74) is 1.25. The Bertz CT molecular complexity index is 767. The summed E-state index contributed by atoms with van der Waals surface area (Å²) in [5, 5.41) is 9.48. The Morgan fingerprint density at radius 3 is 2.69 bits per heavy atom. The van der Waals surface area contributed by atoms with E-state index >= 15 is 0 Å². The SMILES string of the molecule is CCNC(=NCc1nc(C(C)C)cs1)NC1CC1c1c(F)cccc1F. The van der Waals surface area contributed by atoms with Gasteiger partial charge in [-0.15, -0.1) is 11.3 Å². The molecule has 3 rings (SSSR count). The first-order valence-electron chi connectivity index (χ1n) is 8.92. The van der Waals surface area contributed by atoms with Crippen LogP contribution in [0.15, 0.2) is 28.6 Å². The molecule has 26 heavy (non-hydrogen) atoms. The van der Waals surface area contributed by atoms with Crippen LogP contribution in [0.3, 0.4) is 0 Å². The standard InChI is InChI=1S/C19H24F2N4S/c1-4-22-19(23-9-17-24-16(10-26-17)11(2)3)25-15-8-12(15)18-13(20)6-5-7-14(18)21/h5-7,10-12,15H,4,8-9H2,1-3H3,(H2,22,23,25). The second-order valence-electron chi connectivity index (χ2n) is 6.74. The smallest absolute Gasteiger partial charge is 0.191 e. The molecule has 1 heterocycles. The van der Waals surface area contributed by atoms with E-state index in [0.29, 0.717) is 31.4 Å². The summed E-state index contributed by atoms with van der Waals surface area (Å²) >= 11 is 1.60. The number of aliphatic imine (C=N–C) groups is 1. The molecule has 2 atom stereocenters. The highest BCUT2D eigenvalue weighted by molar-refractivity contribution is 7.09. The van der Waals surface area contributed by atoms with Crippen LogP contribution in [-0.2, 0) is 6.54 Å². The van der Waals surface area contributed by atoms with E-state index in [-0.39, 0.29) is 17.5 Å². The van der Waals surface area contributed by atoms with E-state index < -0.39 is 11.6 Å². The van der Waals surface area contributed by atoms with Crippen LogP contribution < -0.4 is 10.6 Å². The van der Waals surface area contributed by atoms with Crippen molar-refractivity contribution in [1.82, 2.24) is 15.6 Å². The minimum atomic E-state index is -0.481. The van der Waals surface area contributed by atoms with Gasteiger partial charge in [-0.05, 0) is 31.4 Å². The third kappa shape index (κ3) is 4.38. The second kappa shape index (κ2) is 8.12. The highest BCUT2D eigenvalue weighted by atomic mass is 32.1. The first-order valence-corrected chi connectivity index (χ1v) is 9.80. The maximum absolute atomic E-state index is 13.9. The van der Waals surface area contributed by atoms with E-state index in [1.165, 1.54) is 18.2 Å². The van der Waals surface area contributed by atoms with Crippen molar-refractivity contribution in [3.05, 3.63) is 51.5 Å². The van der Waals surface area contributed by atoms with Gasteiger partial charge in [-0.2, -0.15) is 0 Å². The van der Waals surface area contributed by atoms with Crippen LogP contribution in [0.1, 0.15) is 55.3 Å². The van der Waals surface area contributed by atoms with Gasteiger partial charge in [0.1, 0.15) is 16.6 Å². The number of nitrogens with zero attached hydrogens (tertiary/aromatic N) is 2. The average molecular weight is 378 g/mol. The summed E-state index contributed by atoms with van der Waals surface area (Å²) in [7, 11) is 0. The van der Waals surface area contributed by atoms with Crippen LogP contribution in [-0.4, -0.2) is 23.5 Å². The van der Waals surface area contributed by atoms with Gasteiger partial charge in [0.05, 0.1) is 12.2 Å². The van der Waals surface area contributed by atoms with Crippen molar-refractivity contribution >= 4 is 17.3 Å². The predicted molar refractivity (Wildman–Crippen MR) is 102 cm³/mol. The molecule has 7 heteroatoms. The molecule has 1 aliphatic rings. The number of thiazole rings is 1. The fourth-order valence-electron chi connectivity index (χ4n) is 2.84. The Kier molecular flexibility index (Phi) is 5.86. The molecule has 0 bridgehead atoms. The van der Waals surface area contributed by atoms with Gasteiger partial charge >= 0.3 is 0 Å². The maximum atomic E-state index is 13.9. The average Bonchev–Trinajstić information content (AvgIpc) is 3.16. The van der Waals surface area contributed by atoms with E-state index in [9.17, 15) is 8.78 Å². The first kappa shape index (κ1) is 18.8. The van der Waals surface area contributed by atoms with Gasteiger partial charge in [0.2, 0.25) is 0 Å². The molecule has 1 fully saturated rings. The van der Waals surface area contributed by atoms with Crippen molar-refractivity contribution < 1.29 is 8.78 Å². The molecular weight excluding hydrogens is 354 g/mol. The summed E-state index contributed by atoms with van der Waals surface area (Å²) < 4.78 is 27.8. The molecule has 0 saturated heterocycles. The molecule has 0 aliphatic heterocycles. The Morgan fingerprint density at radius 1 is 1.35 bits per heavy atom. The fourth-order valence-corrected chi connectivity index (χ4v) is 3.72. The van der Waals surface area contributed by atoms with Crippen LogP contribution in [0.5, 0.6) is 0 Å². The van der Waals surface area contributed by atoms with Gasteiger partial charge in [0.25, 0.3) is 0 Å². The number of nitrogens with one attached hydrogen (secondary N) is 2. The lowest BCUT2D eigenvalue weighted by atomic mass is 10.1. The second-order valence-corrected chi connectivity index (χ2v) is 7.69. The van der Waals surface area contributed by atoms with Crippen molar-refractivity contribution in [2.45, 2.75) is 51.6 Å². The Hall–Kier alpha value is -2.02. The summed E-state index contributed by atoms with van der Waals surface area (Å²) in [4.78, 5) is 9.14. The number of halogens is 2.